The van der Waals surface area contributed by atoms with Gasteiger partial charge >= 0.3 is 11.9 Å². The van der Waals surface area contributed by atoms with Gasteiger partial charge in [0, 0.05) is 6.42 Å². The lowest BCUT2D eigenvalue weighted by Gasteiger charge is -2.09. The Morgan fingerprint density at radius 2 is 1.95 bits per heavy atom. The maximum Gasteiger partial charge on any atom is 0.335 e. The van der Waals surface area contributed by atoms with Crippen LogP contribution in [0.3, 0.4) is 0 Å². The second-order valence-electron chi connectivity index (χ2n) is 4.03. The van der Waals surface area contributed by atoms with Crippen LogP contribution in [-0.4, -0.2) is 34.1 Å². The summed E-state index contributed by atoms with van der Waals surface area (Å²) in [5.41, 5.74) is 5.40. The van der Waals surface area contributed by atoms with Crippen molar-refractivity contribution < 1.29 is 24.6 Å². The number of halogens is 1. The van der Waals surface area contributed by atoms with Gasteiger partial charge in [-0.1, -0.05) is 11.6 Å². The van der Waals surface area contributed by atoms with Crippen LogP contribution in [0, 0.1) is 0 Å². The van der Waals surface area contributed by atoms with Crippen LogP contribution in [-0.2, 0) is 9.59 Å². The molecule has 0 fully saturated rings. The quantitative estimate of drug-likeness (QED) is 0.624. The largest absolute Gasteiger partial charge is 0.480 e. The minimum absolute atomic E-state index is 0.0214. The number of amides is 1. The monoisotopic (exact) mass is 300 g/mol. The second kappa shape index (κ2) is 6.88. The summed E-state index contributed by atoms with van der Waals surface area (Å²) in [6, 6.07) is 2.76. The van der Waals surface area contributed by atoms with Crippen LogP contribution in [0.4, 0.5) is 5.69 Å². The van der Waals surface area contributed by atoms with Crippen LogP contribution >= 0.6 is 11.6 Å². The minimum atomic E-state index is -1.19. The topological polar surface area (TPSA) is 130 Å². The number of carboxylic acids is 2. The Morgan fingerprint density at radius 1 is 1.30 bits per heavy atom. The molecule has 1 aromatic rings. The van der Waals surface area contributed by atoms with Crippen LogP contribution in [0.2, 0.25) is 5.02 Å². The smallest absolute Gasteiger partial charge is 0.335 e. The average Bonchev–Trinajstić information content (AvgIpc) is 2.38. The van der Waals surface area contributed by atoms with Crippen LogP contribution in [0.15, 0.2) is 18.2 Å². The first-order valence-electron chi connectivity index (χ1n) is 5.62. The van der Waals surface area contributed by atoms with E-state index in [2.05, 4.69) is 5.32 Å². The van der Waals surface area contributed by atoms with Gasteiger partial charge in [0.15, 0.2) is 0 Å². The number of carbonyl (C=O) groups is 3. The molecule has 108 valence electrons. The van der Waals surface area contributed by atoms with Gasteiger partial charge in [-0.15, -0.1) is 0 Å². The van der Waals surface area contributed by atoms with Gasteiger partial charge < -0.3 is 21.3 Å². The molecule has 0 aromatic heterocycles. The van der Waals surface area contributed by atoms with E-state index in [1.165, 1.54) is 18.2 Å². The molecule has 0 spiro atoms. The Bertz CT molecular complexity index is 547. The molecule has 1 atom stereocenters. The molecular formula is C12H13ClN2O5. The maximum absolute atomic E-state index is 11.6. The lowest BCUT2D eigenvalue weighted by molar-refractivity contribution is -0.138. The first-order valence-corrected chi connectivity index (χ1v) is 6.00. The van der Waals surface area contributed by atoms with Gasteiger partial charge in [-0.2, -0.15) is 0 Å². The highest BCUT2D eigenvalue weighted by atomic mass is 35.5. The van der Waals surface area contributed by atoms with E-state index in [9.17, 15) is 14.4 Å². The summed E-state index contributed by atoms with van der Waals surface area (Å²) in [7, 11) is 0. The van der Waals surface area contributed by atoms with Crippen molar-refractivity contribution >= 4 is 35.1 Å². The lowest BCUT2D eigenvalue weighted by atomic mass is 10.1. The van der Waals surface area contributed by atoms with Crippen molar-refractivity contribution in [2.75, 3.05) is 5.32 Å². The molecule has 0 heterocycles. The van der Waals surface area contributed by atoms with Crippen molar-refractivity contribution in [3.05, 3.63) is 28.8 Å². The van der Waals surface area contributed by atoms with Crippen molar-refractivity contribution in [3.8, 4) is 0 Å². The molecule has 1 rings (SSSR count). The molecule has 0 aliphatic carbocycles. The SMILES string of the molecule is N[C@@H](CCC(=O)Nc1cc(C(=O)O)ccc1Cl)C(=O)O. The third kappa shape index (κ3) is 4.52. The van der Waals surface area contributed by atoms with E-state index in [0.29, 0.717) is 0 Å². The number of carboxylic acid groups (broad SMARTS) is 2. The molecule has 0 saturated heterocycles. The summed E-state index contributed by atoms with van der Waals surface area (Å²) in [5, 5.41) is 20.0. The summed E-state index contributed by atoms with van der Waals surface area (Å²) in [6.07, 6.45) is -0.140. The van der Waals surface area contributed by atoms with E-state index >= 15 is 0 Å². The summed E-state index contributed by atoms with van der Waals surface area (Å²) in [4.78, 5) is 32.9. The molecule has 7 nitrogen and oxygen atoms in total. The van der Waals surface area contributed by atoms with Gasteiger partial charge in [0.2, 0.25) is 5.91 Å². The molecule has 1 aromatic carbocycles. The number of hydrogen-bond donors (Lipinski definition) is 4. The van der Waals surface area contributed by atoms with E-state index in [-0.39, 0.29) is 29.1 Å². The fourth-order valence-electron chi connectivity index (χ4n) is 1.38. The molecule has 20 heavy (non-hydrogen) atoms. The number of nitrogens with two attached hydrogens (primary N) is 1. The van der Waals surface area contributed by atoms with Crippen molar-refractivity contribution in [2.45, 2.75) is 18.9 Å². The highest BCUT2D eigenvalue weighted by Gasteiger charge is 2.15. The fourth-order valence-corrected chi connectivity index (χ4v) is 1.54. The van der Waals surface area contributed by atoms with Crippen molar-refractivity contribution in [3.63, 3.8) is 0 Å². The summed E-state index contributed by atoms with van der Waals surface area (Å²) < 4.78 is 0. The Labute approximate surface area is 119 Å². The number of rotatable bonds is 6. The Balaban J connectivity index is 2.68. The van der Waals surface area contributed by atoms with Crippen LogP contribution < -0.4 is 11.1 Å². The second-order valence-corrected chi connectivity index (χ2v) is 4.44. The van der Waals surface area contributed by atoms with Gasteiger partial charge in [0.05, 0.1) is 16.3 Å². The average molecular weight is 301 g/mol. The first kappa shape index (κ1) is 15.9. The number of nitrogens with one attached hydrogen (secondary N) is 1. The van der Waals surface area contributed by atoms with E-state index in [1.54, 1.807) is 0 Å². The zero-order valence-corrected chi connectivity index (χ0v) is 11.1. The van der Waals surface area contributed by atoms with Crippen molar-refractivity contribution in [1.82, 2.24) is 0 Å². The Kier molecular flexibility index (Phi) is 5.48. The van der Waals surface area contributed by atoms with E-state index in [0.717, 1.165) is 0 Å². The zero-order chi connectivity index (χ0) is 15.3. The van der Waals surface area contributed by atoms with Crippen LogP contribution in [0.5, 0.6) is 0 Å². The minimum Gasteiger partial charge on any atom is -0.480 e. The van der Waals surface area contributed by atoms with Gasteiger partial charge in [0.1, 0.15) is 6.04 Å². The Hall–Kier alpha value is -2.12. The number of carbonyl (C=O) groups excluding carboxylic acids is 1. The highest BCUT2D eigenvalue weighted by Crippen LogP contribution is 2.23. The van der Waals surface area contributed by atoms with Crippen molar-refractivity contribution in [2.24, 2.45) is 5.73 Å². The van der Waals surface area contributed by atoms with E-state index in [1.807, 2.05) is 0 Å². The van der Waals surface area contributed by atoms with Gasteiger partial charge in [-0.25, -0.2) is 4.79 Å². The molecule has 0 aliphatic rings. The first-order chi connectivity index (χ1) is 9.31. The summed E-state index contributed by atoms with van der Waals surface area (Å²) in [5.74, 6) is -2.83. The van der Waals surface area contributed by atoms with Gasteiger partial charge in [-0.3, -0.25) is 9.59 Å². The third-order valence-corrected chi connectivity index (χ3v) is 2.82. The Morgan fingerprint density at radius 3 is 2.50 bits per heavy atom. The van der Waals surface area contributed by atoms with Gasteiger partial charge in [-0.05, 0) is 24.6 Å². The molecule has 8 heteroatoms. The predicted octanol–water partition coefficient (Wildman–Crippen LogP) is 1.17. The fraction of sp³-hybridized carbons (Fsp3) is 0.250. The van der Waals surface area contributed by atoms with E-state index in [4.69, 9.17) is 27.5 Å². The van der Waals surface area contributed by atoms with Crippen LogP contribution in [0.1, 0.15) is 23.2 Å². The van der Waals surface area contributed by atoms with Crippen molar-refractivity contribution in [1.29, 1.82) is 0 Å². The number of aromatic carboxylic acids is 1. The maximum atomic E-state index is 11.6. The lowest BCUT2D eigenvalue weighted by Crippen LogP contribution is -2.31. The number of anilines is 1. The third-order valence-electron chi connectivity index (χ3n) is 2.49. The molecular weight excluding hydrogens is 288 g/mol. The molecule has 0 aliphatic heterocycles. The standard InChI is InChI=1S/C12H13ClN2O5/c13-7-2-1-6(11(17)18)5-9(7)15-10(16)4-3-8(14)12(19)20/h1-2,5,8H,3-4,14H2,(H,15,16)(H,17,18)(H,19,20)/t8-/m0/s1. The molecule has 0 bridgehead atoms. The molecule has 0 radical (unpaired) electrons. The molecule has 0 unspecified atom stereocenters. The summed E-state index contributed by atoms with van der Waals surface area (Å²) >= 11 is 5.83. The predicted molar refractivity (Wildman–Crippen MR) is 71.9 cm³/mol. The number of benzene rings is 1. The summed E-state index contributed by atoms with van der Waals surface area (Å²) in [6.45, 7) is 0. The number of hydrogen-bond acceptors (Lipinski definition) is 4. The molecule has 0 saturated carbocycles. The van der Waals surface area contributed by atoms with Gasteiger partial charge in [0.25, 0.3) is 0 Å². The number of aliphatic carboxylic acids is 1. The van der Waals surface area contributed by atoms with Crippen LogP contribution in [0.25, 0.3) is 0 Å². The normalized spacial score (nSPS) is 11.7. The van der Waals surface area contributed by atoms with E-state index < -0.39 is 23.9 Å². The molecule has 1 amide bonds. The molecule has 5 N–H and O–H groups in total. The zero-order valence-electron chi connectivity index (χ0n) is 10.3. The highest BCUT2D eigenvalue weighted by molar-refractivity contribution is 6.33.